The second-order valence-corrected chi connectivity index (χ2v) is 4.76. The van der Waals surface area contributed by atoms with Gasteiger partial charge in [-0.2, -0.15) is 0 Å². The zero-order chi connectivity index (χ0) is 12.7. The van der Waals surface area contributed by atoms with Gasteiger partial charge in [-0.1, -0.05) is 43.7 Å². The van der Waals surface area contributed by atoms with E-state index in [2.05, 4.69) is 31.3 Å². The summed E-state index contributed by atoms with van der Waals surface area (Å²) in [5.41, 5.74) is 1.09. The van der Waals surface area contributed by atoms with Gasteiger partial charge in [-0.25, -0.2) is 0 Å². The molecule has 94 valence electrons. The average molecular weight is 254 g/mol. The molecular weight excluding hydrogens is 234 g/mol. The monoisotopic (exact) mass is 253 g/mol. The van der Waals surface area contributed by atoms with E-state index in [0.29, 0.717) is 16.7 Å². The van der Waals surface area contributed by atoms with Crippen molar-refractivity contribution in [2.75, 3.05) is 20.2 Å². The molecule has 0 fully saturated rings. The van der Waals surface area contributed by atoms with Crippen LogP contribution in [0.3, 0.4) is 0 Å². The molecule has 1 aromatic carbocycles. The molecule has 0 spiro atoms. The number of rotatable bonds is 6. The summed E-state index contributed by atoms with van der Waals surface area (Å²) < 4.78 is 5.10. The molecule has 1 rings (SSSR count). The summed E-state index contributed by atoms with van der Waals surface area (Å²) in [6.07, 6.45) is 4.15. The van der Waals surface area contributed by atoms with Gasteiger partial charge in [0.25, 0.3) is 0 Å². The van der Waals surface area contributed by atoms with Crippen LogP contribution in [0.15, 0.2) is 24.3 Å². The Kier molecular flexibility index (Phi) is 6.09. The summed E-state index contributed by atoms with van der Waals surface area (Å²) in [5.74, 6) is 1.39. The van der Waals surface area contributed by atoms with Crippen molar-refractivity contribution in [2.45, 2.75) is 13.8 Å². The third kappa shape index (κ3) is 5.24. The van der Waals surface area contributed by atoms with Crippen LogP contribution >= 0.6 is 11.6 Å². The Morgan fingerprint density at radius 1 is 1.41 bits per heavy atom. The molecule has 0 atom stereocenters. The normalized spacial score (nSPS) is 11.4. The highest BCUT2D eigenvalue weighted by atomic mass is 35.5. The third-order valence-electron chi connectivity index (χ3n) is 2.30. The van der Waals surface area contributed by atoms with Gasteiger partial charge in [-0.3, -0.25) is 0 Å². The molecule has 0 saturated carbocycles. The van der Waals surface area contributed by atoms with Gasteiger partial charge in [0.2, 0.25) is 0 Å². The first-order valence-corrected chi connectivity index (χ1v) is 6.22. The first-order chi connectivity index (χ1) is 8.13. The van der Waals surface area contributed by atoms with Crippen molar-refractivity contribution in [3.05, 3.63) is 34.9 Å². The molecule has 0 aliphatic heterocycles. The van der Waals surface area contributed by atoms with Gasteiger partial charge in [-0.05, 0) is 30.2 Å². The minimum atomic E-state index is 0.643. The van der Waals surface area contributed by atoms with Crippen molar-refractivity contribution < 1.29 is 4.74 Å². The summed E-state index contributed by atoms with van der Waals surface area (Å²) in [5, 5.41) is 3.99. The van der Waals surface area contributed by atoms with Crippen LogP contribution in [0.2, 0.25) is 5.02 Å². The summed E-state index contributed by atoms with van der Waals surface area (Å²) in [6.45, 7) is 6.30. The Morgan fingerprint density at radius 2 is 2.18 bits per heavy atom. The van der Waals surface area contributed by atoms with Crippen molar-refractivity contribution in [1.82, 2.24) is 5.32 Å². The van der Waals surface area contributed by atoms with Crippen molar-refractivity contribution in [3.63, 3.8) is 0 Å². The molecule has 0 amide bonds. The van der Waals surface area contributed by atoms with E-state index in [1.807, 2.05) is 18.2 Å². The second-order valence-electron chi connectivity index (χ2n) is 4.35. The summed E-state index contributed by atoms with van der Waals surface area (Å²) in [4.78, 5) is 0. The molecular formula is C14H20ClNO. The molecule has 0 aliphatic rings. The largest absolute Gasteiger partial charge is 0.495 e. The number of nitrogens with one attached hydrogen (secondary N) is 1. The molecule has 0 heterocycles. The topological polar surface area (TPSA) is 21.3 Å². The van der Waals surface area contributed by atoms with E-state index < -0.39 is 0 Å². The maximum absolute atomic E-state index is 6.04. The first-order valence-electron chi connectivity index (χ1n) is 5.84. The zero-order valence-electron chi connectivity index (χ0n) is 10.7. The van der Waals surface area contributed by atoms with Gasteiger partial charge >= 0.3 is 0 Å². The molecule has 0 unspecified atom stereocenters. The second kappa shape index (κ2) is 7.36. The number of ether oxygens (including phenoxy) is 1. The van der Waals surface area contributed by atoms with E-state index in [0.717, 1.165) is 18.7 Å². The molecule has 0 aliphatic carbocycles. The minimum Gasteiger partial charge on any atom is -0.495 e. The highest BCUT2D eigenvalue weighted by molar-refractivity contribution is 6.32. The van der Waals surface area contributed by atoms with E-state index in [4.69, 9.17) is 16.3 Å². The Hall–Kier alpha value is -0.990. The molecule has 0 radical (unpaired) electrons. The van der Waals surface area contributed by atoms with Gasteiger partial charge in [0.15, 0.2) is 0 Å². The Bertz CT molecular complexity index is 374. The summed E-state index contributed by atoms with van der Waals surface area (Å²) in [7, 11) is 1.62. The summed E-state index contributed by atoms with van der Waals surface area (Å²) in [6, 6.07) is 5.77. The Labute approximate surface area is 109 Å². The number of hydrogen-bond donors (Lipinski definition) is 1. The van der Waals surface area contributed by atoms with Crippen LogP contribution in [-0.2, 0) is 0 Å². The minimum absolute atomic E-state index is 0.643. The highest BCUT2D eigenvalue weighted by Gasteiger charge is 1.99. The molecule has 1 aromatic rings. The van der Waals surface area contributed by atoms with Gasteiger partial charge in [0.1, 0.15) is 5.75 Å². The van der Waals surface area contributed by atoms with Gasteiger partial charge in [0, 0.05) is 6.54 Å². The van der Waals surface area contributed by atoms with Crippen LogP contribution in [0, 0.1) is 5.92 Å². The highest BCUT2D eigenvalue weighted by Crippen LogP contribution is 2.25. The van der Waals surface area contributed by atoms with Crippen molar-refractivity contribution in [3.8, 4) is 5.75 Å². The maximum Gasteiger partial charge on any atom is 0.137 e. The number of methoxy groups -OCH3 is 1. The summed E-state index contributed by atoms with van der Waals surface area (Å²) >= 11 is 6.04. The van der Waals surface area contributed by atoms with Crippen LogP contribution in [0.1, 0.15) is 19.4 Å². The lowest BCUT2D eigenvalue weighted by molar-refractivity contribution is 0.415. The van der Waals surface area contributed by atoms with Crippen LogP contribution in [-0.4, -0.2) is 20.2 Å². The Balaban J connectivity index is 2.46. The van der Waals surface area contributed by atoms with E-state index in [1.165, 1.54) is 0 Å². The fourth-order valence-corrected chi connectivity index (χ4v) is 1.70. The molecule has 0 saturated heterocycles. The molecule has 3 heteroatoms. The van der Waals surface area contributed by atoms with Crippen LogP contribution in [0.5, 0.6) is 5.75 Å². The Morgan fingerprint density at radius 3 is 2.76 bits per heavy atom. The van der Waals surface area contributed by atoms with Gasteiger partial charge in [-0.15, -0.1) is 0 Å². The van der Waals surface area contributed by atoms with Crippen LogP contribution < -0.4 is 10.1 Å². The van der Waals surface area contributed by atoms with Gasteiger partial charge in [0.05, 0.1) is 12.1 Å². The van der Waals surface area contributed by atoms with E-state index in [-0.39, 0.29) is 0 Å². The van der Waals surface area contributed by atoms with E-state index in [1.54, 1.807) is 7.11 Å². The fraction of sp³-hybridized carbons (Fsp3) is 0.429. The molecule has 0 aromatic heterocycles. The van der Waals surface area contributed by atoms with Crippen molar-refractivity contribution in [2.24, 2.45) is 5.92 Å². The van der Waals surface area contributed by atoms with Gasteiger partial charge < -0.3 is 10.1 Å². The lowest BCUT2D eigenvalue weighted by atomic mass is 10.2. The lowest BCUT2D eigenvalue weighted by Crippen LogP contribution is -2.19. The van der Waals surface area contributed by atoms with Crippen LogP contribution in [0.25, 0.3) is 6.08 Å². The molecule has 0 bridgehead atoms. The smallest absolute Gasteiger partial charge is 0.137 e. The van der Waals surface area contributed by atoms with Crippen LogP contribution in [0.4, 0.5) is 0 Å². The predicted molar refractivity (Wildman–Crippen MR) is 74.7 cm³/mol. The maximum atomic E-state index is 6.04. The molecule has 17 heavy (non-hydrogen) atoms. The standard InChI is InChI=1S/C14H20ClNO/c1-11(2)10-16-8-4-5-12-6-7-14(17-3)13(15)9-12/h4-7,9,11,16H,8,10H2,1-3H3. The first kappa shape index (κ1) is 14.1. The number of benzene rings is 1. The quantitative estimate of drug-likeness (QED) is 0.782. The van der Waals surface area contributed by atoms with Crippen molar-refractivity contribution >= 4 is 17.7 Å². The molecule has 2 nitrogen and oxygen atoms in total. The van der Waals surface area contributed by atoms with E-state index in [9.17, 15) is 0 Å². The number of hydrogen-bond acceptors (Lipinski definition) is 2. The van der Waals surface area contributed by atoms with Crippen molar-refractivity contribution in [1.29, 1.82) is 0 Å². The number of halogens is 1. The third-order valence-corrected chi connectivity index (χ3v) is 2.60. The lowest BCUT2D eigenvalue weighted by Gasteiger charge is -2.04. The SMILES string of the molecule is COc1ccc(C=CCNCC(C)C)cc1Cl. The zero-order valence-corrected chi connectivity index (χ0v) is 11.4. The average Bonchev–Trinajstić information content (AvgIpc) is 2.28. The fourth-order valence-electron chi connectivity index (χ4n) is 1.44. The molecule has 1 N–H and O–H groups in total. The van der Waals surface area contributed by atoms with E-state index >= 15 is 0 Å². The predicted octanol–water partition coefficient (Wildman–Crippen LogP) is 3.61.